The Kier molecular flexibility index (Phi) is 4.88. The van der Waals surface area contributed by atoms with Gasteiger partial charge < -0.3 is 5.32 Å². The molecule has 1 rings (SSSR count). The van der Waals surface area contributed by atoms with Crippen molar-refractivity contribution in [3.8, 4) is 0 Å². The van der Waals surface area contributed by atoms with Gasteiger partial charge in [-0.15, -0.1) is 11.3 Å². The zero-order valence-electron chi connectivity index (χ0n) is 9.04. The summed E-state index contributed by atoms with van der Waals surface area (Å²) in [6.07, 6.45) is -2.75. The summed E-state index contributed by atoms with van der Waals surface area (Å²) in [5, 5.41) is 7.14. The molecular formula is C9H12F3N3OS. The van der Waals surface area contributed by atoms with E-state index < -0.39 is 18.6 Å². The van der Waals surface area contributed by atoms with Crippen LogP contribution in [0.4, 0.5) is 13.2 Å². The normalized spacial score (nSPS) is 13.4. The summed E-state index contributed by atoms with van der Waals surface area (Å²) in [5.74, 6) is -0.689. The Hall–Kier alpha value is -1.15. The average molecular weight is 267 g/mol. The number of hydrogen-bond donors (Lipinski definition) is 2. The summed E-state index contributed by atoms with van der Waals surface area (Å²) >= 11 is 1.41. The first kappa shape index (κ1) is 13.9. The van der Waals surface area contributed by atoms with Crippen LogP contribution < -0.4 is 10.6 Å². The molecule has 0 aliphatic carbocycles. The van der Waals surface area contributed by atoms with Crippen LogP contribution in [0.25, 0.3) is 0 Å². The molecule has 1 atom stereocenters. The van der Waals surface area contributed by atoms with Gasteiger partial charge in [0.15, 0.2) is 0 Å². The lowest BCUT2D eigenvalue weighted by molar-refractivity contribution is -0.137. The van der Waals surface area contributed by atoms with Gasteiger partial charge in [0.05, 0.1) is 12.6 Å². The highest BCUT2D eigenvalue weighted by Crippen LogP contribution is 2.14. The molecule has 0 aromatic carbocycles. The average Bonchev–Trinajstić information content (AvgIpc) is 2.75. The smallest absolute Gasteiger partial charge is 0.346 e. The van der Waals surface area contributed by atoms with Crippen molar-refractivity contribution in [1.29, 1.82) is 0 Å². The van der Waals surface area contributed by atoms with E-state index in [1.54, 1.807) is 23.8 Å². The first-order valence-electron chi connectivity index (χ1n) is 4.84. The first-order valence-corrected chi connectivity index (χ1v) is 5.72. The molecule has 0 spiro atoms. The van der Waals surface area contributed by atoms with E-state index in [-0.39, 0.29) is 12.6 Å². The minimum Gasteiger partial charge on any atom is -0.346 e. The Bertz CT molecular complexity index is 353. The zero-order valence-corrected chi connectivity index (χ0v) is 9.86. The number of halogens is 3. The summed E-state index contributed by atoms with van der Waals surface area (Å²) < 4.78 is 35.4. The number of nitrogens with one attached hydrogen (secondary N) is 2. The third kappa shape index (κ3) is 5.64. The van der Waals surface area contributed by atoms with Crippen molar-refractivity contribution < 1.29 is 18.0 Å². The summed E-state index contributed by atoms with van der Waals surface area (Å²) in [6.45, 7) is 0.311. The number of alkyl halides is 3. The molecule has 0 saturated carbocycles. The first-order chi connectivity index (χ1) is 7.88. The van der Waals surface area contributed by atoms with Crippen LogP contribution in [0.1, 0.15) is 18.0 Å². The second kappa shape index (κ2) is 5.97. The van der Waals surface area contributed by atoms with E-state index in [0.29, 0.717) is 0 Å². The molecule has 0 radical (unpaired) electrons. The highest BCUT2D eigenvalue weighted by molar-refractivity contribution is 7.09. The maximum atomic E-state index is 11.8. The highest BCUT2D eigenvalue weighted by atomic mass is 32.1. The Balaban J connectivity index is 2.24. The van der Waals surface area contributed by atoms with Crippen molar-refractivity contribution in [2.24, 2.45) is 0 Å². The predicted octanol–water partition coefficient (Wildman–Crippen LogP) is 1.47. The van der Waals surface area contributed by atoms with Crippen molar-refractivity contribution in [2.45, 2.75) is 19.1 Å². The third-order valence-electron chi connectivity index (χ3n) is 1.88. The third-order valence-corrected chi connectivity index (χ3v) is 2.83. The number of thiazole rings is 1. The number of nitrogens with zero attached hydrogens (tertiary/aromatic N) is 1. The molecule has 1 amide bonds. The molecule has 1 unspecified atom stereocenters. The number of carbonyl (C=O) groups is 1. The van der Waals surface area contributed by atoms with E-state index in [9.17, 15) is 18.0 Å². The van der Waals surface area contributed by atoms with Gasteiger partial charge in [0, 0.05) is 11.6 Å². The molecule has 17 heavy (non-hydrogen) atoms. The second-order valence-electron chi connectivity index (χ2n) is 3.36. The summed E-state index contributed by atoms with van der Waals surface area (Å²) in [5.41, 5.74) is 0. The van der Waals surface area contributed by atoms with Crippen molar-refractivity contribution in [3.63, 3.8) is 0 Å². The second-order valence-corrected chi connectivity index (χ2v) is 4.29. The molecule has 8 heteroatoms. The predicted molar refractivity (Wildman–Crippen MR) is 57.6 cm³/mol. The largest absolute Gasteiger partial charge is 0.405 e. The van der Waals surface area contributed by atoms with E-state index in [1.165, 1.54) is 11.3 Å². The zero-order chi connectivity index (χ0) is 12.9. The summed E-state index contributed by atoms with van der Waals surface area (Å²) in [6, 6.07) is -0.161. The maximum Gasteiger partial charge on any atom is 0.405 e. The molecule has 1 aromatic heterocycles. The van der Waals surface area contributed by atoms with Crippen LogP contribution in [-0.4, -0.2) is 30.2 Å². The van der Waals surface area contributed by atoms with Crippen molar-refractivity contribution in [3.05, 3.63) is 16.6 Å². The molecule has 0 aliphatic heterocycles. The van der Waals surface area contributed by atoms with Crippen LogP contribution >= 0.6 is 11.3 Å². The standard InChI is InChI=1S/C9H12F3N3OS/c1-6(8-13-2-3-17-8)14-4-7(16)15-5-9(10,11)12/h2-3,6,14H,4-5H2,1H3,(H,15,16). The maximum absolute atomic E-state index is 11.8. The van der Waals surface area contributed by atoms with E-state index in [0.717, 1.165) is 5.01 Å². The van der Waals surface area contributed by atoms with Gasteiger partial charge in [-0.3, -0.25) is 10.1 Å². The topological polar surface area (TPSA) is 54.0 Å². The molecule has 0 fully saturated rings. The number of rotatable bonds is 5. The SMILES string of the molecule is CC(NCC(=O)NCC(F)(F)F)c1nccs1. The molecular weight excluding hydrogens is 255 g/mol. The van der Waals surface area contributed by atoms with E-state index >= 15 is 0 Å². The van der Waals surface area contributed by atoms with Gasteiger partial charge in [-0.2, -0.15) is 13.2 Å². The molecule has 1 aromatic rings. The van der Waals surface area contributed by atoms with Crippen molar-refractivity contribution in [2.75, 3.05) is 13.1 Å². The Labute approximate surface area is 100 Å². The number of amides is 1. The fraction of sp³-hybridized carbons (Fsp3) is 0.556. The van der Waals surface area contributed by atoms with Gasteiger partial charge in [-0.1, -0.05) is 0 Å². The highest BCUT2D eigenvalue weighted by Gasteiger charge is 2.27. The Morgan fingerprint density at radius 2 is 2.29 bits per heavy atom. The van der Waals surface area contributed by atoms with E-state index in [4.69, 9.17) is 0 Å². The van der Waals surface area contributed by atoms with E-state index in [2.05, 4.69) is 10.3 Å². The van der Waals surface area contributed by atoms with Gasteiger partial charge >= 0.3 is 6.18 Å². The number of aromatic nitrogens is 1. The van der Waals surface area contributed by atoms with Crippen LogP contribution in [0.15, 0.2) is 11.6 Å². The van der Waals surface area contributed by atoms with Crippen LogP contribution in [-0.2, 0) is 4.79 Å². The van der Waals surface area contributed by atoms with Gasteiger partial charge in [-0.05, 0) is 6.92 Å². The van der Waals surface area contributed by atoms with Gasteiger partial charge in [0.1, 0.15) is 11.6 Å². The fourth-order valence-corrected chi connectivity index (χ4v) is 1.71. The quantitative estimate of drug-likeness (QED) is 0.849. The monoisotopic (exact) mass is 267 g/mol. The van der Waals surface area contributed by atoms with Crippen molar-refractivity contribution in [1.82, 2.24) is 15.6 Å². The fourth-order valence-electron chi connectivity index (χ4n) is 1.04. The molecule has 0 saturated heterocycles. The van der Waals surface area contributed by atoms with Crippen molar-refractivity contribution >= 4 is 17.2 Å². The van der Waals surface area contributed by atoms with Gasteiger partial charge in [0.2, 0.25) is 5.91 Å². The number of hydrogen-bond acceptors (Lipinski definition) is 4. The summed E-state index contributed by atoms with van der Waals surface area (Å²) in [4.78, 5) is 15.1. The Morgan fingerprint density at radius 3 is 2.82 bits per heavy atom. The van der Waals surface area contributed by atoms with Crippen LogP contribution in [0.3, 0.4) is 0 Å². The lowest BCUT2D eigenvalue weighted by Gasteiger charge is -2.12. The molecule has 96 valence electrons. The lowest BCUT2D eigenvalue weighted by atomic mass is 10.3. The molecule has 4 nitrogen and oxygen atoms in total. The summed E-state index contributed by atoms with van der Waals surface area (Å²) in [7, 11) is 0. The molecule has 2 N–H and O–H groups in total. The molecule has 0 bridgehead atoms. The van der Waals surface area contributed by atoms with E-state index in [1.807, 2.05) is 0 Å². The van der Waals surface area contributed by atoms with Gasteiger partial charge in [0.25, 0.3) is 0 Å². The van der Waals surface area contributed by atoms with Crippen LogP contribution in [0.2, 0.25) is 0 Å². The van der Waals surface area contributed by atoms with Gasteiger partial charge in [-0.25, -0.2) is 4.98 Å². The molecule has 1 heterocycles. The molecule has 0 aliphatic rings. The lowest BCUT2D eigenvalue weighted by Crippen LogP contribution is -2.39. The van der Waals surface area contributed by atoms with Crippen LogP contribution in [0.5, 0.6) is 0 Å². The minimum atomic E-state index is -4.38. The van der Waals surface area contributed by atoms with Crippen LogP contribution in [0, 0.1) is 0 Å². The number of carbonyl (C=O) groups excluding carboxylic acids is 1. The Morgan fingerprint density at radius 1 is 1.59 bits per heavy atom. The minimum absolute atomic E-state index is 0.161.